The number of hydrogen-bond donors (Lipinski definition) is 1. The molecule has 2 unspecified atom stereocenters. The van der Waals surface area contributed by atoms with Gasteiger partial charge in [0, 0.05) is 50.9 Å². The van der Waals surface area contributed by atoms with Crippen LogP contribution in [-0.4, -0.2) is 33.1 Å². The molecule has 0 aliphatic heterocycles. The zero-order valence-corrected chi connectivity index (χ0v) is 23.4. The van der Waals surface area contributed by atoms with E-state index in [0.717, 1.165) is 16.9 Å². The Labute approximate surface area is 229 Å². The molecule has 0 aliphatic carbocycles. The highest BCUT2D eigenvalue weighted by atomic mass is 31.2. The summed E-state index contributed by atoms with van der Waals surface area (Å²) >= 11 is 0. The highest BCUT2D eigenvalue weighted by molar-refractivity contribution is 7.67. The van der Waals surface area contributed by atoms with Gasteiger partial charge in [0.15, 0.2) is 0 Å². The van der Waals surface area contributed by atoms with Gasteiger partial charge in [-0.2, -0.15) is 0 Å². The molecular formula is C30H33N4O4P. The number of nitrogens with one attached hydrogen (secondary N) is 1. The van der Waals surface area contributed by atoms with Crippen molar-refractivity contribution in [1.29, 1.82) is 0 Å². The van der Waals surface area contributed by atoms with Gasteiger partial charge in [-0.25, -0.2) is 0 Å². The molecule has 0 aromatic heterocycles. The summed E-state index contributed by atoms with van der Waals surface area (Å²) in [6.07, 6.45) is 0. The fraction of sp³-hybridized carbons (Fsp3) is 0.200. The van der Waals surface area contributed by atoms with Crippen LogP contribution in [0.4, 0.5) is 22.7 Å². The maximum Gasteiger partial charge on any atom is 0.292 e. The van der Waals surface area contributed by atoms with Crippen molar-refractivity contribution in [2.45, 2.75) is 12.4 Å². The van der Waals surface area contributed by atoms with Gasteiger partial charge < -0.3 is 19.6 Å². The molecule has 4 rings (SSSR count). The van der Waals surface area contributed by atoms with E-state index in [9.17, 15) is 10.1 Å². The summed E-state index contributed by atoms with van der Waals surface area (Å²) in [5, 5.41) is 15.6. The van der Waals surface area contributed by atoms with E-state index in [2.05, 4.69) is 5.32 Å². The van der Waals surface area contributed by atoms with Crippen LogP contribution >= 0.6 is 7.37 Å². The maximum absolute atomic E-state index is 15.2. The van der Waals surface area contributed by atoms with Crippen LogP contribution in [-0.2, 0) is 15.7 Å². The van der Waals surface area contributed by atoms with Gasteiger partial charge in [-0.15, -0.1) is 0 Å². The molecule has 0 saturated heterocycles. The number of benzene rings is 4. The maximum atomic E-state index is 15.2. The quantitative estimate of drug-likeness (QED) is 0.128. The second kappa shape index (κ2) is 12.2. The van der Waals surface area contributed by atoms with E-state index >= 15 is 4.57 Å². The summed E-state index contributed by atoms with van der Waals surface area (Å²) < 4.78 is 21.6. The minimum absolute atomic E-state index is 0.107. The Morgan fingerprint density at radius 2 is 1.33 bits per heavy atom. The fourth-order valence-electron chi connectivity index (χ4n) is 4.22. The first kappa shape index (κ1) is 27.9. The average molecular weight is 545 g/mol. The number of hydrogen-bond acceptors (Lipinski definition) is 7. The van der Waals surface area contributed by atoms with Crippen molar-refractivity contribution in [3.05, 3.63) is 124 Å². The van der Waals surface area contributed by atoms with Crippen molar-refractivity contribution < 1.29 is 14.0 Å². The fourth-order valence-corrected chi connectivity index (χ4v) is 6.60. The van der Waals surface area contributed by atoms with Gasteiger partial charge in [0.2, 0.25) is 0 Å². The molecule has 1 N–H and O–H groups in total. The molecule has 0 amide bonds. The van der Waals surface area contributed by atoms with Gasteiger partial charge >= 0.3 is 0 Å². The predicted molar refractivity (Wildman–Crippen MR) is 159 cm³/mol. The highest BCUT2D eigenvalue weighted by Crippen LogP contribution is 2.60. The summed E-state index contributed by atoms with van der Waals surface area (Å²) in [6.45, 7) is 0.110. The first-order chi connectivity index (χ1) is 18.7. The van der Waals surface area contributed by atoms with Crippen LogP contribution in [0.5, 0.6) is 0 Å². The number of para-hydroxylation sites is 2. The van der Waals surface area contributed by atoms with Crippen LogP contribution < -0.4 is 20.4 Å². The summed E-state index contributed by atoms with van der Waals surface area (Å²) in [6, 6.07) is 30.9. The Bertz CT molecular complexity index is 1440. The molecule has 0 aliphatic rings. The molecule has 0 saturated carbocycles. The Balaban J connectivity index is 1.86. The Morgan fingerprint density at radius 1 is 0.795 bits per heavy atom. The van der Waals surface area contributed by atoms with Crippen LogP contribution in [0.3, 0.4) is 0 Å². The lowest BCUT2D eigenvalue weighted by atomic mass is 10.2. The molecule has 9 heteroatoms. The average Bonchev–Trinajstić information content (AvgIpc) is 2.95. The van der Waals surface area contributed by atoms with Gasteiger partial charge in [-0.3, -0.25) is 14.7 Å². The molecule has 202 valence electrons. The smallest absolute Gasteiger partial charge is 0.292 e. The van der Waals surface area contributed by atoms with E-state index < -0.39 is 18.1 Å². The standard InChI is InChI=1S/C30H33N4O4P/c1-32(2)25-16-14-24(15-17-25)30(31-28-12-8-9-13-29(28)34(35)36)39(37,38-22-23-10-6-5-7-11-23)27-20-18-26(19-21-27)33(3)4/h5-21,30-31H,22H2,1-4H3. The second-order valence-corrected chi connectivity index (χ2v) is 12.1. The third-order valence-corrected chi connectivity index (χ3v) is 9.09. The van der Waals surface area contributed by atoms with Crippen LogP contribution in [0.2, 0.25) is 0 Å². The third kappa shape index (κ3) is 6.48. The lowest BCUT2D eigenvalue weighted by molar-refractivity contribution is -0.384. The molecule has 0 radical (unpaired) electrons. The number of nitrogens with zero attached hydrogens (tertiary/aromatic N) is 3. The second-order valence-electron chi connectivity index (χ2n) is 9.57. The number of anilines is 3. The van der Waals surface area contributed by atoms with Crippen molar-refractivity contribution in [3.8, 4) is 0 Å². The van der Waals surface area contributed by atoms with E-state index in [1.54, 1.807) is 18.2 Å². The third-order valence-electron chi connectivity index (χ3n) is 6.45. The highest BCUT2D eigenvalue weighted by Gasteiger charge is 2.39. The predicted octanol–water partition coefficient (Wildman–Crippen LogP) is 6.66. The molecule has 0 fully saturated rings. The summed E-state index contributed by atoms with van der Waals surface area (Å²) in [5.41, 5.74) is 3.63. The van der Waals surface area contributed by atoms with Crippen LogP contribution in [0.1, 0.15) is 16.9 Å². The minimum atomic E-state index is -3.74. The first-order valence-electron chi connectivity index (χ1n) is 12.5. The first-order valence-corrected chi connectivity index (χ1v) is 14.2. The molecule has 4 aromatic carbocycles. The zero-order chi connectivity index (χ0) is 28.0. The molecule has 0 heterocycles. The molecular weight excluding hydrogens is 511 g/mol. The van der Waals surface area contributed by atoms with Crippen LogP contribution in [0.15, 0.2) is 103 Å². The number of nitro groups is 1. The SMILES string of the molecule is CN(C)c1ccc(C(Nc2ccccc2[N+](=O)[O-])P(=O)(OCc2ccccc2)c2ccc(N(C)C)cc2)cc1. The molecule has 8 nitrogen and oxygen atoms in total. The molecule has 0 spiro atoms. The van der Waals surface area contributed by atoms with Gasteiger partial charge in [-0.1, -0.05) is 54.6 Å². The largest absolute Gasteiger partial charge is 0.378 e. The molecule has 4 aromatic rings. The monoisotopic (exact) mass is 544 g/mol. The molecule has 0 bridgehead atoms. The lowest BCUT2D eigenvalue weighted by Crippen LogP contribution is -2.21. The van der Waals surface area contributed by atoms with Crippen molar-refractivity contribution in [3.63, 3.8) is 0 Å². The molecule has 2 atom stereocenters. The van der Waals surface area contributed by atoms with E-state index in [1.807, 2.05) is 117 Å². The van der Waals surface area contributed by atoms with E-state index in [0.29, 0.717) is 10.9 Å². The number of nitro benzene ring substituents is 1. The lowest BCUT2D eigenvalue weighted by Gasteiger charge is -2.30. The van der Waals surface area contributed by atoms with Crippen LogP contribution in [0, 0.1) is 10.1 Å². The Kier molecular flexibility index (Phi) is 8.69. The van der Waals surface area contributed by atoms with E-state index in [-0.39, 0.29) is 18.0 Å². The minimum Gasteiger partial charge on any atom is -0.378 e. The van der Waals surface area contributed by atoms with Crippen molar-refractivity contribution in [1.82, 2.24) is 0 Å². The van der Waals surface area contributed by atoms with Crippen molar-refractivity contribution >= 4 is 35.4 Å². The Hall–Kier alpha value is -4.13. The number of rotatable bonds is 11. The topological polar surface area (TPSA) is 87.9 Å². The van der Waals surface area contributed by atoms with Gasteiger partial charge in [-0.05, 0) is 53.6 Å². The summed E-state index contributed by atoms with van der Waals surface area (Å²) in [7, 11) is 4.02. The van der Waals surface area contributed by atoms with Gasteiger partial charge in [0.05, 0.1) is 11.5 Å². The normalized spacial score (nSPS) is 13.2. The van der Waals surface area contributed by atoms with E-state index in [4.69, 9.17) is 4.52 Å². The summed E-state index contributed by atoms with van der Waals surface area (Å²) in [4.78, 5) is 15.3. The zero-order valence-electron chi connectivity index (χ0n) is 22.5. The van der Waals surface area contributed by atoms with Crippen molar-refractivity contribution in [2.75, 3.05) is 43.3 Å². The van der Waals surface area contributed by atoms with Gasteiger partial charge in [0.1, 0.15) is 11.5 Å². The molecule has 39 heavy (non-hydrogen) atoms. The summed E-state index contributed by atoms with van der Waals surface area (Å²) in [5.74, 6) is -0.899. The Morgan fingerprint density at radius 3 is 1.90 bits per heavy atom. The van der Waals surface area contributed by atoms with Gasteiger partial charge in [0.25, 0.3) is 13.1 Å². The van der Waals surface area contributed by atoms with Crippen molar-refractivity contribution in [2.24, 2.45) is 0 Å². The van der Waals surface area contributed by atoms with Crippen LogP contribution in [0.25, 0.3) is 0 Å². The van der Waals surface area contributed by atoms with E-state index in [1.165, 1.54) is 6.07 Å².